The lowest BCUT2D eigenvalue weighted by molar-refractivity contribution is -0.130. The molecule has 6 heteroatoms. The van der Waals surface area contributed by atoms with Crippen LogP contribution in [0, 0.1) is 0 Å². The van der Waals surface area contributed by atoms with Crippen LogP contribution in [0.5, 0.6) is 0 Å². The number of aromatic nitrogens is 2. The number of hydrogen-bond acceptors (Lipinski definition) is 3. The molecule has 1 amide bonds. The van der Waals surface area contributed by atoms with Gasteiger partial charge in [0, 0.05) is 36.2 Å². The molecule has 0 N–H and O–H groups in total. The first-order valence-corrected chi connectivity index (χ1v) is 8.13. The van der Waals surface area contributed by atoms with Gasteiger partial charge in [-0.3, -0.25) is 9.59 Å². The summed E-state index contributed by atoms with van der Waals surface area (Å²) in [5.41, 5.74) is 1.38. The fourth-order valence-corrected chi connectivity index (χ4v) is 2.84. The first-order chi connectivity index (χ1) is 11.1. The summed E-state index contributed by atoms with van der Waals surface area (Å²) >= 11 is 5.88. The lowest BCUT2D eigenvalue weighted by Crippen LogP contribution is -2.30. The third-order valence-corrected chi connectivity index (χ3v) is 4.25. The summed E-state index contributed by atoms with van der Waals surface area (Å²) in [5.74, 6) is 0.0908. The maximum absolute atomic E-state index is 12.1. The van der Waals surface area contributed by atoms with Crippen LogP contribution in [-0.2, 0) is 11.3 Å². The van der Waals surface area contributed by atoms with Gasteiger partial charge in [0.2, 0.25) is 5.91 Å². The Labute approximate surface area is 139 Å². The van der Waals surface area contributed by atoms with Crippen LogP contribution in [0.3, 0.4) is 0 Å². The number of amides is 1. The molecule has 1 aliphatic heterocycles. The van der Waals surface area contributed by atoms with E-state index in [1.807, 2.05) is 17.0 Å². The zero-order chi connectivity index (χ0) is 16.2. The largest absolute Gasteiger partial charge is 0.343 e. The minimum atomic E-state index is -0.197. The molecule has 3 rings (SSSR count). The molecule has 1 aliphatic rings. The van der Waals surface area contributed by atoms with Gasteiger partial charge in [-0.1, -0.05) is 23.7 Å². The zero-order valence-electron chi connectivity index (χ0n) is 12.7. The van der Waals surface area contributed by atoms with Crippen molar-refractivity contribution in [3.63, 3.8) is 0 Å². The van der Waals surface area contributed by atoms with E-state index < -0.39 is 0 Å². The molecule has 2 heterocycles. The van der Waals surface area contributed by atoms with E-state index in [0.29, 0.717) is 23.7 Å². The summed E-state index contributed by atoms with van der Waals surface area (Å²) in [6, 6.07) is 10.4. The van der Waals surface area contributed by atoms with E-state index in [0.717, 1.165) is 31.5 Å². The molecule has 2 aromatic rings. The van der Waals surface area contributed by atoms with Crippen LogP contribution >= 0.6 is 11.6 Å². The minimum absolute atomic E-state index is 0.0908. The van der Waals surface area contributed by atoms with Crippen molar-refractivity contribution in [1.29, 1.82) is 0 Å². The van der Waals surface area contributed by atoms with Gasteiger partial charge in [0.25, 0.3) is 5.56 Å². The topological polar surface area (TPSA) is 55.2 Å². The van der Waals surface area contributed by atoms with E-state index in [4.69, 9.17) is 11.6 Å². The molecule has 0 spiro atoms. The van der Waals surface area contributed by atoms with Crippen molar-refractivity contribution in [3.8, 4) is 11.3 Å². The molecule has 1 aromatic heterocycles. The van der Waals surface area contributed by atoms with E-state index >= 15 is 0 Å². The lowest BCUT2D eigenvalue weighted by atomic mass is 10.1. The Kier molecular flexibility index (Phi) is 4.76. The molecule has 0 bridgehead atoms. The highest BCUT2D eigenvalue weighted by Gasteiger charge is 2.17. The van der Waals surface area contributed by atoms with Crippen LogP contribution < -0.4 is 5.56 Å². The van der Waals surface area contributed by atoms with E-state index in [2.05, 4.69) is 5.10 Å². The van der Waals surface area contributed by atoms with Gasteiger partial charge in [0.15, 0.2) is 0 Å². The Balaban J connectivity index is 1.74. The summed E-state index contributed by atoms with van der Waals surface area (Å²) in [4.78, 5) is 25.9. The van der Waals surface area contributed by atoms with Crippen LogP contribution in [-0.4, -0.2) is 33.7 Å². The predicted octanol–water partition coefficient (Wildman–Crippen LogP) is 2.58. The van der Waals surface area contributed by atoms with Gasteiger partial charge < -0.3 is 4.90 Å². The molecule has 0 unspecified atom stereocenters. The van der Waals surface area contributed by atoms with E-state index in [1.165, 1.54) is 10.7 Å². The number of carbonyl (C=O) groups is 1. The first-order valence-electron chi connectivity index (χ1n) is 7.75. The monoisotopic (exact) mass is 331 g/mol. The molecule has 1 fully saturated rings. The smallest absolute Gasteiger partial charge is 0.266 e. The molecular weight excluding hydrogens is 314 g/mol. The molecule has 5 nitrogen and oxygen atoms in total. The van der Waals surface area contributed by atoms with E-state index in [9.17, 15) is 9.59 Å². The van der Waals surface area contributed by atoms with Gasteiger partial charge in [-0.2, -0.15) is 5.10 Å². The quantitative estimate of drug-likeness (QED) is 0.865. The Morgan fingerprint density at radius 2 is 1.78 bits per heavy atom. The fraction of sp³-hybridized carbons (Fsp3) is 0.353. The van der Waals surface area contributed by atoms with Gasteiger partial charge in [-0.05, 0) is 31.0 Å². The van der Waals surface area contributed by atoms with Crippen molar-refractivity contribution in [3.05, 3.63) is 51.8 Å². The Morgan fingerprint density at radius 1 is 1.09 bits per heavy atom. The number of nitrogens with zero attached hydrogens (tertiary/aromatic N) is 3. The number of rotatable bonds is 4. The highest BCUT2D eigenvalue weighted by molar-refractivity contribution is 6.30. The number of halogens is 1. The molecule has 23 heavy (non-hydrogen) atoms. The van der Waals surface area contributed by atoms with Gasteiger partial charge in [0.1, 0.15) is 0 Å². The molecule has 1 aromatic carbocycles. The first kappa shape index (κ1) is 15.7. The highest BCUT2D eigenvalue weighted by atomic mass is 35.5. The number of benzene rings is 1. The Hall–Kier alpha value is -2.14. The van der Waals surface area contributed by atoms with E-state index in [1.54, 1.807) is 18.2 Å². The number of likely N-dealkylation sites (tertiary alicyclic amines) is 1. The van der Waals surface area contributed by atoms with Crippen LogP contribution in [0.1, 0.15) is 19.3 Å². The van der Waals surface area contributed by atoms with E-state index in [-0.39, 0.29) is 11.5 Å². The maximum Gasteiger partial charge on any atom is 0.266 e. The lowest BCUT2D eigenvalue weighted by Gasteiger charge is -2.15. The SMILES string of the molecule is O=C(CCn1nc(-c2ccc(Cl)cc2)ccc1=O)N1CCCC1. The van der Waals surface area contributed by atoms with Crippen molar-refractivity contribution in [1.82, 2.24) is 14.7 Å². The minimum Gasteiger partial charge on any atom is -0.343 e. The second-order valence-electron chi connectivity index (χ2n) is 5.62. The Morgan fingerprint density at radius 3 is 2.48 bits per heavy atom. The summed E-state index contributed by atoms with van der Waals surface area (Å²) in [7, 11) is 0. The van der Waals surface area contributed by atoms with Crippen LogP contribution in [0.2, 0.25) is 5.02 Å². The number of aryl methyl sites for hydroxylation is 1. The van der Waals surface area contributed by atoms with Crippen LogP contribution in [0.4, 0.5) is 0 Å². The van der Waals surface area contributed by atoms with Crippen molar-refractivity contribution >= 4 is 17.5 Å². The fourth-order valence-electron chi connectivity index (χ4n) is 2.71. The summed E-state index contributed by atoms with van der Waals surface area (Å²) in [6.45, 7) is 1.95. The third-order valence-electron chi connectivity index (χ3n) is 4.00. The summed E-state index contributed by atoms with van der Waals surface area (Å²) in [6.07, 6.45) is 2.43. The van der Waals surface area contributed by atoms with Gasteiger partial charge in [0.05, 0.1) is 12.2 Å². The van der Waals surface area contributed by atoms with Crippen molar-refractivity contribution in [2.24, 2.45) is 0 Å². The normalized spacial score (nSPS) is 14.2. The average molecular weight is 332 g/mol. The second kappa shape index (κ2) is 6.96. The summed E-state index contributed by atoms with van der Waals surface area (Å²) < 4.78 is 1.36. The second-order valence-corrected chi connectivity index (χ2v) is 6.06. The van der Waals surface area contributed by atoms with Crippen molar-refractivity contribution in [2.75, 3.05) is 13.1 Å². The van der Waals surface area contributed by atoms with Crippen LogP contribution in [0.15, 0.2) is 41.2 Å². The van der Waals surface area contributed by atoms with Gasteiger partial charge in [-0.25, -0.2) is 4.68 Å². The molecular formula is C17H18ClN3O2. The zero-order valence-corrected chi connectivity index (χ0v) is 13.5. The predicted molar refractivity (Wildman–Crippen MR) is 89.4 cm³/mol. The number of carbonyl (C=O) groups excluding carboxylic acids is 1. The maximum atomic E-state index is 12.1. The highest BCUT2D eigenvalue weighted by Crippen LogP contribution is 2.18. The van der Waals surface area contributed by atoms with Crippen LogP contribution in [0.25, 0.3) is 11.3 Å². The average Bonchev–Trinajstić information content (AvgIpc) is 3.09. The standard InChI is InChI=1S/C17H18ClN3O2/c18-14-5-3-13(4-6-14)15-7-8-17(23)21(19-15)12-9-16(22)20-10-1-2-11-20/h3-8H,1-2,9-12H2. The van der Waals surface area contributed by atoms with Crippen molar-refractivity contribution < 1.29 is 4.79 Å². The third kappa shape index (κ3) is 3.79. The molecule has 0 radical (unpaired) electrons. The molecule has 120 valence electrons. The van der Waals surface area contributed by atoms with Gasteiger partial charge in [-0.15, -0.1) is 0 Å². The number of hydrogen-bond donors (Lipinski definition) is 0. The molecule has 0 atom stereocenters. The summed E-state index contributed by atoms with van der Waals surface area (Å²) in [5, 5.41) is 5.01. The van der Waals surface area contributed by atoms with Crippen molar-refractivity contribution in [2.45, 2.75) is 25.8 Å². The molecule has 0 saturated carbocycles. The Bertz CT molecular complexity index is 749. The van der Waals surface area contributed by atoms with Gasteiger partial charge >= 0.3 is 0 Å². The molecule has 0 aliphatic carbocycles. The molecule has 1 saturated heterocycles.